The number of alkyl halides is 3. The van der Waals surface area contributed by atoms with Crippen molar-refractivity contribution in [2.24, 2.45) is 0 Å². The zero-order valence-corrected chi connectivity index (χ0v) is 21.7. The first-order chi connectivity index (χ1) is 19.1. The smallest absolute Gasteiger partial charge is 0.365 e. The summed E-state index contributed by atoms with van der Waals surface area (Å²) in [4.78, 5) is 27.6. The number of hydrogen-bond donors (Lipinski definition) is 2. The van der Waals surface area contributed by atoms with Crippen molar-refractivity contribution in [3.63, 3.8) is 0 Å². The molecule has 5 rings (SSSR count). The summed E-state index contributed by atoms with van der Waals surface area (Å²) in [5.41, 5.74) is 2.63. The highest BCUT2D eigenvalue weighted by atomic mass is 19.4. The molecule has 0 saturated carbocycles. The fourth-order valence-corrected chi connectivity index (χ4v) is 5.55. The third-order valence-electron chi connectivity index (χ3n) is 7.38. The molecular formula is C30H28F5N3O2. The Kier molecular flexibility index (Phi) is 7.53. The van der Waals surface area contributed by atoms with Gasteiger partial charge in [-0.3, -0.25) is 9.59 Å². The van der Waals surface area contributed by atoms with Crippen LogP contribution < -0.4 is 15.5 Å². The largest absolute Gasteiger partial charge is 0.405 e. The lowest BCUT2D eigenvalue weighted by Gasteiger charge is -2.43. The molecule has 2 aliphatic rings. The van der Waals surface area contributed by atoms with Gasteiger partial charge < -0.3 is 15.5 Å². The first-order valence-electron chi connectivity index (χ1n) is 13.2. The number of amides is 2. The van der Waals surface area contributed by atoms with Crippen LogP contribution in [0.3, 0.4) is 0 Å². The fourth-order valence-electron chi connectivity index (χ4n) is 5.55. The molecule has 40 heavy (non-hydrogen) atoms. The number of nitrogens with one attached hydrogen (secondary N) is 2. The van der Waals surface area contributed by atoms with Crippen LogP contribution in [0, 0.1) is 11.6 Å². The Morgan fingerprint density at radius 1 is 1.00 bits per heavy atom. The van der Waals surface area contributed by atoms with E-state index in [9.17, 15) is 27.2 Å². The van der Waals surface area contributed by atoms with Crippen molar-refractivity contribution in [3.8, 4) is 11.1 Å². The van der Waals surface area contributed by atoms with Gasteiger partial charge in [-0.25, -0.2) is 8.78 Å². The molecule has 2 N–H and O–H groups in total. The monoisotopic (exact) mass is 557 g/mol. The second kappa shape index (κ2) is 10.9. The summed E-state index contributed by atoms with van der Waals surface area (Å²) in [7, 11) is 0. The maximum atomic E-state index is 15.8. The van der Waals surface area contributed by atoms with Gasteiger partial charge in [0.2, 0.25) is 5.91 Å². The van der Waals surface area contributed by atoms with Gasteiger partial charge >= 0.3 is 6.18 Å². The summed E-state index contributed by atoms with van der Waals surface area (Å²) in [6, 6.07) is 13.4. The number of benzene rings is 3. The summed E-state index contributed by atoms with van der Waals surface area (Å²) >= 11 is 0. The van der Waals surface area contributed by atoms with Crippen molar-refractivity contribution in [2.75, 3.05) is 24.5 Å². The molecule has 0 radical (unpaired) electrons. The molecule has 1 heterocycles. The Labute approximate surface area is 228 Å². The van der Waals surface area contributed by atoms with E-state index in [1.54, 1.807) is 35.2 Å². The quantitative estimate of drug-likeness (QED) is 0.349. The van der Waals surface area contributed by atoms with Crippen molar-refractivity contribution in [2.45, 2.75) is 44.3 Å². The Morgan fingerprint density at radius 3 is 2.40 bits per heavy atom. The van der Waals surface area contributed by atoms with Crippen LogP contribution in [0.2, 0.25) is 0 Å². The molecule has 210 valence electrons. The molecule has 5 nitrogen and oxygen atoms in total. The average Bonchev–Trinajstić information content (AvgIpc) is 3.21. The van der Waals surface area contributed by atoms with E-state index in [1.165, 1.54) is 18.2 Å². The van der Waals surface area contributed by atoms with Crippen LogP contribution in [0.1, 0.15) is 52.7 Å². The predicted octanol–water partition coefficient (Wildman–Crippen LogP) is 5.72. The van der Waals surface area contributed by atoms with Crippen LogP contribution >= 0.6 is 0 Å². The van der Waals surface area contributed by atoms with E-state index >= 15 is 4.39 Å². The van der Waals surface area contributed by atoms with E-state index in [4.69, 9.17) is 0 Å². The zero-order valence-electron chi connectivity index (χ0n) is 21.7. The van der Waals surface area contributed by atoms with Gasteiger partial charge in [-0.1, -0.05) is 37.6 Å². The highest BCUT2D eigenvalue weighted by Crippen LogP contribution is 2.50. The Morgan fingerprint density at radius 2 is 1.73 bits per heavy atom. The van der Waals surface area contributed by atoms with E-state index in [2.05, 4.69) is 5.32 Å². The second-order valence-electron chi connectivity index (χ2n) is 10.2. The topological polar surface area (TPSA) is 61.4 Å². The summed E-state index contributed by atoms with van der Waals surface area (Å²) in [6.45, 7) is 1.08. The first kappa shape index (κ1) is 27.6. The lowest BCUT2D eigenvalue weighted by Crippen LogP contribution is -2.60. The predicted molar refractivity (Wildman–Crippen MR) is 141 cm³/mol. The van der Waals surface area contributed by atoms with Gasteiger partial charge in [-0.05, 0) is 71.0 Å². The molecule has 1 unspecified atom stereocenters. The lowest BCUT2D eigenvalue weighted by atomic mass is 9.87. The van der Waals surface area contributed by atoms with Crippen LogP contribution in [0.15, 0.2) is 54.6 Å². The van der Waals surface area contributed by atoms with Crippen LogP contribution in [-0.4, -0.2) is 43.7 Å². The van der Waals surface area contributed by atoms with Gasteiger partial charge in [0.05, 0.1) is 17.6 Å². The highest BCUT2D eigenvalue weighted by molar-refractivity contribution is 5.98. The molecule has 1 fully saturated rings. The highest BCUT2D eigenvalue weighted by Gasteiger charge is 2.41. The van der Waals surface area contributed by atoms with Crippen LogP contribution in [0.5, 0.6) is 0 Å². The number of halogens is 5. The normalized spacial score (nSPS) is 16.2. The maximum Gasteiger partial charge on any atom is 0.405 e. The van der Waals surface area contributed by atoms with Gasteiger partial charge in [0.15, 0.2) is 0 Å². The third-order valence-corrected chi connectivity index (χ3v) is 7.38. The Balaban J connectivity index is 1.50. The van der Waals surface area contributed by atoms with Crippen LogP contribution in [0.25, 0.3) is 11.1 Å². The second-order valence-corrected chi connectivity index (χ2v) is 10.2. The average molecular weight is 558 g/mol. The van der Waals surface area contributed by atoms with Gasteiger partial charge in [0.25, 0.3) is 5.91 Å². The van der Waals surface area contributed by atoms with E-state index in [0.29, 0.717) is 59.3 Å². The molecule has 3 aromatic rings. The number of carbonyl (C=O) groups is 2. The third kappa shape index (κ3) is 5.39. The number of anilines is 1. The summed E-state index contributed by atoms with van der Waals surface area (Å²) in [5.74, 6) is -3.43. The molecule has 0 bridgehead atoms. The number of nitrogens with zero attached hydrogens (tertiary/aromatic N) is 1. The van der Waals surface area contributed by atoms with Crippen molar-refractivity contribution in [1.29, 1.82) is 0 Å². The van der Waals surface area contributed by atoms with Gasteiger partial charge in [0, 0.05) is 18.7 Å². The minimum absolute atomic E-state index is 0.239. The Hall–Kier alpha value is -3.95. The van der Waals surface area contributed by atoms with Crippen molar-refractivity contribution < 1.29 is 31.5 Å². The minimum Gasteiger partial charge on any atom is -0.365 e. The standard InChI is InChI=1S/C30H28F5N3O2/c1-2-3-9-21-25-23(22-12-18(31)10-11-20(22)26(25)29(40)36-16-30(33,34)35)13-24(32)27(21)38-14-19(15-38)37-28(39)17-7-5-4-6-8-17/h4-8,10-13,19,26H,2-3,9,14-16H2,1H3,(H,36,40)(H,37,39). The molecule has 0 aromatic heterocycles. The fraction of sp³-hybridized carbons (Fsp3) is 0.333. The van der Waals surface area contributed by atoms with E-state index < -0.39 is 36.2 Å². The van der Waals surface area contributed by atoms with Crippen molar-refractivity contribution >= 4 is 17.5 Å². The summed E-state index contributed by atoms with van der Waals surface area (Å²) < 4.78 is 68.9. The van der Waals surface area contributed by atoms with Crippen molar-refractivity contribution in [3.05, 3.63) is 88.5 Å². The van der Waals surface area contributed by atoms with Gasteiger partial charge in [-0.15, -0.1) is 0 Å². The van der Waals surface area contributed by atoms with Crippen molar-refractivity contribution in [1.82, 2.24) is 10.6 Å². The molecule has 1 aliphatic heterocycles. The molecule has 2 amide bonds. The lowest BCUT2D eigenvalue weighted by molar-refractivity contribution is -0.138. The molecular weight excluding hydrogens is 529 g/mol. The SMILES string of the molecule is CCCCc1c2c(cc(F)c1N1CC(NC(=O)c3ccccc3)C1)-c1cc(F)ccc1C2C(=O)NCC(F)(F)F. The van der Waals surface area contributed by atoms with Gasteiger partial charge in [0.1, 0.15) is 18.2 Å². The summed E-state index contributed by atoms with van der Waals surface area (Å²) in [6.07, 6.45) is -2.83. The van der Waals surface area contributed by atoms with E-state index in [1.807, 2.05) is 12.2 Å². The van der Waals surface area contributed by atoms with E-state index in [0.717, 1.165) is 12.5 Å². The van der Waals surface area contributed by atoms with Gasteiger partial charge in [-0.2, -0.15) is 13.2 Å². The molecule has 0 spiro atoms. The molecule has 1 saturated heterocycles. The first-order valence-corrected chi connectivity index (χ1v) is 13.2. The number of rotatable bonds is 8. The number of unbranched alkanes of at least 4 members (excludes halogenated alkanes) is 1. The van der Waals surface area contributed by atoms with Crippen LogP contribution in [-0.2, 0) is 11.2 Å². The Bertz CT molecular complexity index is 1440. The maximum absolute atomic E-state index is 15.8. The number of fused-ring (bicyclic) bond motifs is 3. The molecule has 10 heteroatoms. The number of carbonyl (C=O) groups excluding carboxylic acids is 2. The van der Waals surface area contributed by atoms with Crippen LogP contribution in [0.4, 0.5) is 27.6 Å². The zero-order chi connectivity index (χ0) is 28.6. The minimum atomic E-state index is -4.61. The number of hydrogen-bond acceptors (Lipinski definition) is 3. The molecule has 1 aliphatic carbocycles. The van der Waals surface area contributed by atoms with E-state index in [-0.39, 0.29) is 17.6 Å². The molecule has 1 atom stereocenters. The summed E-state index contributed by atoms with van der Waals surface area (Å²) in [5, 5.41) is 4.90. The molecule has 3 aromatic carbocycles.